The van der Waals surface area contributed by atoms with Crippen LogP contribution >= 0.6 is 23.2 Å². The number of anilines is 1. The zero-order valence-corrected chi connectivity index (χ0v) is 20.1. The number of benzene rings is 2. The van der Waals surface area contributed by atoms with E-state index in [9.17, 15) is 14.0 Å². The molecule has 2 heterocycles. The van der Waals surface area contributed by atoms with E-state index in [1.165, 1.54) is 19.1 Å². The molecule has 0 radical (unpaired) electrons. The standard InChI is InChI=1S/C25H18Cl2FN3O4/c1-13-23-17(15(11-29-13)12-34-14(2)32)10-18(24(33)31-22-6-4-3-5-19(22)26)25(35-23)30-16-7-8-21(28)20(27)9-16/h3-11H,12H2,1-2H3,(H,31,33). The molecule has 7 nitrogen and oxygen atoms in total. The Bertz CT molecular complexity index is 1540. The lowest BCUT2D eigenvalue weighted by Crippen LogP contribution is -2.22. The first kappa shape index (κ1) is 24.4. The maximum absolute atomic E-state index is 13.6. The lowest BCUT2D eigenvalue weighted by molar-refractivity contribution is -0.142. The molecule has 0 atom stereocenters. The summed E-state index contributed by atoms with van der Waals surface area (Å²) in [4.78, 5) is 33.4. The predicted molar refractivity (Wildman–Crippen MR) is 130 cm³/mol. The second-order valence-electron chi connectivity index (χ2n) is 7.50. The second-order valence-corrected chi connectivity index (χ2v) is 8.32. The lowest BCUT2D eigenvalue weighted by atomic mass is 10.1. The van der Waals surface area contributed by atoms with Crippen LogP contribution in [0.3, 0.4) is 0 Å². The van der Waals surface area contributed by atoms with Gasteiger partial charge in [0, 0.05) is 24.1 Å². The summed E-state index contributed by atoms with van der Waals surface area (Å²) < 4.78 is 24.8. The Kier molecular flexibility index (Phi) is 7.14. The van der Waals surface area contributed by atoms with Gasteiger partial charge in [0.2, 0.25) is 5.55 Å². The fraction of sp³-hybridized carbons (Fsp3) is 0.120. The molecular formula is C25H18Cl2FN3O4. The molecule has 0 unspecified atom stereocenters. The number of nitrogens with one attached hydrogen (secondary N) is 1. The largest absolute Gasteiger partial charge is 0.461 e. The van der Waals surface area contributed by atoms with Crippen molar-refractivity contribution in [2.75, 3.05) is 5.32 Å². The number of fused-ring (bicyclic) bond motifs is 1. The molecule has 0 aliphatic rings. The molecule has 0 bridgehead atoms. The van der Waals surface area contributed by atoms with E-state index in [2.05, 4.69) is 15.3 Å². The molecule has 1 amide bonds. The van der Waals surface area contributed by atoms with Crippen molar-refractivity contribution in [2.45, 2.75) is 20.5 Å². The van der Waals surface area contributed by atoms with E-state index in [0.717, 1.165) is 6.07 Å². The van der Waals surface area contributed by atoms with E-state index in [-0.39, 0.29) is 28.4 Å². The molecule has 4 aromatic rings. The van der Waals surface area contributed by atoms with Gasteiger partial charge >= 0.3 is 5.97 Å². The summed E-state index contributed by atoms with van der Waals surface area (Å²) in [7, 11) is 0. The summed E-state index contributed by atoms with van der Waals surface area (Å²) in [6.45, 7) is 2.95. The van der Waals surface area contributed by atoms with Gasteiger partial charge in [0.25, 0.3) is 5.91 Å². The van der Waals surface area contributed by atoms with Crippen LogP contribution in [0.2, 0.25) is 10.0 Å². The number of halogens is 3. The number of aryl methyl sites for hydroxylation is 1. The average Bonchev–Trinajstić information content (AvgIpc) is 2.82. The molecule has 4 rings (SSSR count). The third-order valence-electron chi connectivity index (χ3n) is 4.98. The molecule has 2 aromatic carbocycles. The molecule has 1 N–H and O–H groups in total. The van der Waals surface area contributed by atoms with Crippen molar-refractivity contribution in [3.8, 4) is 0 Å². The summed E-state index contributed by atoms with van der Waals surface area (Å²) in [5.41, 5.74) is 2.07. The minimum absolute atomic E-state index is 0.0562. The second kappa shape index (κ2) is 10.2. The molecule has 10 heteroatoms. The minimum atomic E-state index is -0.604. The highest BCUT2D eigenvalue weighted by molar-refractivity contribution is 6.34. The van der Waals surface area contributed by atoms with Crippen molar-refractivity contribution in [1.82, 2.24) is 4.98 Å². The number of carbonyl (C=O) groups excluding carboxylic acids is 2. The van der Waals surface area contributed by atoms with Crippen molar-refractivity contribution in [1.29, 1.82) is 0 Å². The van der Waals surface area contributed by atoms with Crippen LogP contribution in [-0.2, 0) is 16.1 Å². The molecule has 0 aliphatic heterocycles. The highest BCUT2D eigenvalue weighted by Crippen LogP contribution is 2.25. The summed E-state index contributed by atoms with van der Waals surface area (Å²) >= 11 is 12.1. The summed E-state index contributed by atoms with van der Waals surface area (Å²) in [6, 6.07) is 12.2. The number of hydrogen-bond donors (Lipinski definition) is 1. The Morgan fingerprint density at radius 2 is 1.91 bits per heavy atom. The molecule has 0 saturated carbocycles. The first-order valence-electron chi connectivity index (χ1n) is 10.3. The van der Waals surface area contributed by atoms with Crippen molar-refractivity contribution in [3.63, 3.8) is 0 Å². The number of aromatic nitrogens is 1. The van der Waals surface area contributed by atoms with Gasteiger partial charge in [-0.15, -0.1) is 0 Å². The topological polar surface area (TPSA) is 93.8 Å². The van der Waals surface area contributed by atoms with E-state index >= 15 is 0 Å². The normalized spacial score (nSPS) is 11.5. The Labute approximate surface area is 209 Å². The van der Waals surface area contributed by atoms with Gasteiger partial charge in [-0.2, -0.15) is 0 Å². The highest BCUT2D eigenvalue weighted by Gasteiger charge is 2.18. The summed E-state index contributed by atoms with van der Waals surface area (Å²) in [5, 5.41) is 3.47. The minimum Gasteiger partial charge on any atom is -0.461 e. The van der Waals surface area contributed by atoms with E-state index in [1.54, 1.807) is 43.5 Å². The van der Waals surface area contributed by atoms with Gasteiger partial charge in [-0.05, 0) is 43.3 Å². The monoisotopic (exact) mass is 513 g/mol. The van der Waals surface area contributed by atoms with E-state index in [4.69, 9.17) is 32.4 Å². The molecule has 0 saturated heterocycles. The average molecular weight is 514 g/mol. The zero-order chi connectivity index (χ0) is 25.1. The smallest absolute Gasteiger partial charge is 0.302 e. The third kappa shape index (κ3) is 5.50. The van der Waals surface area contributed by atoms with Crippen LogP contribution in [0.5, 0.6) is 0 Å². The third-order valence-corrected chi connectivity index (χ3v) is 5.60. The molecule has 178 valence electrons. The molecule has 0 spiro atoms. The van der Waals surface area contributed by atoms with E-state index in [0.29, 0.717) is 32.9 Å². The maximum atomic E-state index is 13.6. The number of ether oxygens (including phenoxy) is 1. The predicted octanol–water partition coefficient (Wildman–Crippen LogP) is 6.13. The van der Waals surface area contributed by atoms with Crippen molar-refractivity contribution in [3.05, 3.63) is 93.0 Å². The van der Waals surface area contributed by atoms with Crippen LogP contribution in [0.15, 0.2) is 64.1 Å². The van der Waals surface area contributed by atoms with Gasteiger partial charge in [0.1, 0.15) is 18.0 Å². The van der Waals surface area contributed by atoms with Crippen molar-refractivity contribution in [2.24, 2.45) is 4.99 Å². The fourth-order valence-electron chi connectivity index (χ4n) is 3.25. The summed E-state index contributed by atoms with van der Waals surface area (Å²) in [5.74, 6) is -1.62. The molecule has 0 fully saturated rings. The number of para-hydroxylation sites is 1. The summed E-state index contributed by atoms with van der Waals surface area (Å²) in [6.07, 6.45) is 1.54. The SMILES string of the molecule is CC(=O)OCc1cnc(C)c2oc(=Nc3ccc(F)c(Cl)c3)c(C(=O)Nc3ccccc3Cl)cc12. The first-order chi connectivity index (χ1) is 16.7. The van der Waals surface area contributed by atoms with Crippen molar-refractivity contribution >= 4 is 57.4 Å². The maximum Gasteiger partial charge on any atom is 0.302 e. The van der Waals surface area contributed by atoms with E-state index in [1.807, 2.05) is 0 Å². The van der Waals surface area contributed by atoms with Gasteiger partial charge in [0.15, 0.2) is 5.58 Å². The Morgan fingerprint density at radius 1 is 1.14 bits per heavy atom. The molecule has 35 heavy (non-hydrogen) atoms. The van der Waals surface area contributed by atoms with Crippen molar-refractivity contribution < 1.29 is 23.1 Å². The number of amides is 1. The van der Waals surface area contributed by atoms with Gasteiger partial charge in [-0.1, -0.05) is 35.3 Å². The van der Waals surface area contributed by atoms with Crippen LogP contribution < -0.4 is 10.9 Å². The Hall–Kier alpha value is -3.75. The Morgan fingerprint density at radius 3 is 2.63 bits per heavy atom. The van der Waals surface area contributed by atoms with Crippen LogP contribution in [-0.4, -0.2) is 16.9 Å². The quantitative estimate of drug-likeness (QED) is 0.324. The first-order valence-corrected chi connectivity index (χ1v) is 11.1. The van der Waals surface area contributed by atoms with Gasteiger partial charge in [-0.25, -0.2) is 9.38 Å². The molecular weight excluding hydrogens is 496 g/mol. The van der Waals surface area contributed by atoms with Crippen LogP contribution in [0, 0.1) is 12.7 Å². The highest BCUT2D eigenvalue weighted by atomic mass is 35.5. The molecule has 0 aliphatic carbocycles. The van der Waals surface area contributed by atoms with E-state index < -0.39 is 17.7 Å². The Balaban J connectivity index is 1.93. The molecule has 2 aromatic heterocycles. The number of pyridine rings is 1. The zero-order valence-electron chi connectivity index (χ0n) is 18.6. The fourth-order valence-corrected chi connectivity index (χ4v) is 3.61. The lowest BCUT2D eigenvalue weighted by Gasteiger charge is -2.11. The number of rotatable bonds is 5. The van der Waals surface area contributed by atoms with Crippen LogP contribution in [0.1, 0.15) is 28.5 Å². The number of esters is 1. The van der Waals surface area contributed by atoms with Gasteiger partial charge in [-0.3, -0.25) is 14.6 Å². The van der Waals surface area contributed by atoms with Crippen LogP contribution in [0.25, 0.3) is 11.0 Å². The number of hydrogen-bond acceptors (Lipinski definition) is 6. The van der Waals surface area contributed by atoms with Gasteiger partial charge in [0.05, 0.1) is 27.1 Å². The number of nitrogens with zero attached hydrogens (tertiary/aromatic N) is 2. The van der Waals surface area contributed by atoms with Gasteiger partial charge < -0.3 is 14.5 Å². The number of carbonyl (C=O) groups is 2. The van der Waals surface area contributed by atoms with Crippen LogP contribution in [0.4, 0.5) is 15.8 Å².